The number of halogens is 1. The van der Waals surface area contributed by atoms with Crippen molar-refractivity contribution < 1.29 is 9.72 Å². The fourth-order valence-corrected chi connectivity index (χ4v) is 2.12. The molecule has 1 aromatic carbocycles. The van der Waals surface area contributed by atoms with Crippen molar-refractivity contribution in [1.82, 2.24) is 5.32 Å². The lowest BCUT2D eigenvalue weighted by molar-refractivity contribution is -0.384. The molecule has 0 atom stereocenters. The number of nitro benzene ring substituents is 1. The van der Waals surface area contributed by atoms with Gasteiger partial charge in [-0.05, 0) is 25.0 Å². The molecule has 7 heteroatoms. The number of amides is 1. The maximum absolute atomic E-state index is 11.7. The molecule has 1 aliphatic rings. The highest BCUT2D eigenvalue weighted by molar-refractivity contribution is 9.10. The van der Waals surface area contributed by atoms with E-state index >= 15 is 0 Å². The maximum Gasteiger partial charge on any atom is 0.293 e. The van der Waals surface area contributed by atoms with Crippen LogP contribution in [0.1, 0.15) is 12.8 Å². The second-order valence-corrected chi connectivity index (χ2v) is 5.50. The average Bonchev–Trinajstić information content (AvgIpc) is 3.12. The highest BCUT2D eigenvalue weighted by atomic mass is 79.9. The standard InChI is InChI=1S/C12H14BrN3O3/c1-15(7-12(17)14-9-3-4-9)10-5-2-8(13)6-11(10)16(18)19/h2,5-6,9H,3-4,7H2,1H3,(H,14,17). The number of anilines is 1. The van der Waals surface area contributed by atoms with E-state index in [0.29, 0.717) is 16.2 Å². The highest BCUT2D eigenvalue weighted by Gasteiger charge is 2.25. The zero-order valence-corrected chi connectivity index (χ0v) is 12.0. The van der Waals surface area contributed by atoms with Gasteiger partial charge in [0.25, 0.3) is 5.69 Å². The summed E-state index contributed by atoms with van der Waals surface area (Å²) in [6.45, 7) is 0.110. The summed E-state index contributed by atoms with van der Waals surface area (Å²) >= 11 is 3.20. The molecule has 0 saturated heterocycles. The first-order chi connectivity index (χ1) is 8.97. The van der Waals surface area contributed by atoms with E-state index < -0.39 is 4.92 Å². The number of rotatable bonds is 5. The molecule has 0 bridgehead atoms. The first-order valence-corrected chi connectivity index (χ1v) is 6.71. The van der Waals surface area contributed by atoms with Crippen LogP contribution < -0.4 is 10.2 Å². The summed E-state index contributed by atoms with van der Waals surface area (Å²) in [4.78, 5) is 23.8. The van der Waals surface area contributed by atoms with Crippen LogP contribution in [-0.4, -0.2) is 30.5 Å². The number of nitro groups is 1. The van der Waals surface area contributed by atoms with Gasteiger partial charge in [-0.25, -0.2) is 0 Å². The van der Waals surface area contributed by atoms with Gasteiger partial charge in [-0.3, -0.25) is 14.9 Å². The van der Waals surface area contributed by atoms with E-state index in [4.69, 9.17) is 0 Å². The Morgan fingerprint density at radius 2 is 2.26 bits per heavy atom. The normalized spacial score (nSPS) is 14.0. The van der Waals surface area contributed by atoms with Crippen LogP contribution in [0.3, 0.4) is 0 Å². The predicted molar refractivity (Wildman–Crippen MR) is 75.2 cm³/mol. The van der Waals surface area contributed by atoms with Gasteiger partial charge in [-0.1, -0.05) is 15.9 Å². The molecule has 0 heterocycles. The van der Waals surface area contributed by atoms with Crippen LogP contribution in [0.15, 0.2) is 22.7 Å². The van der Waals surface area contributed by atoms with Crippen molar-refractivity contribution in [2.45, 2.75) is 18.9 Å². The highest BCUT2D eigenvalue weighted by Crippen LogP contribution is 2.30. The van der Waals surface area contributed by atoms with Crippen molar-refractivity contribution in [2.75, 3.05) is 18.5 Å². The summed E-state index contributed by atoms with van der Waals surface area (Å²) in [5, 5.41) is 13.9. The second-order valence-electron chi connectivity index (χ2n) is 4.59. The first kappa shape index (κ1) is 13.8. The molecule has 19 heavy (non-hydrogen) atoms. The zero-order chi connectivity index (χ0) is 14.0. The topological polar surface area (TPSA) is 75.5 Å². The van der Waals surface area contributed by atoms with Gasteiger partial charge in [0.2, 0.25) is 5.91 Å². The molecule has 0 spiro atoms. The summed E-state index contributed by atoms with van der Waals surface area (Å²) in [5.41, 5.74) is 0.412. The Labute approximate surface area is 119 Å². The lowest BCUT2D eigenvalue weighted by Crippen LogP contribution is -2.36. The summed E-state index contributed by atoms with van der Waals surface area (Å²) in [6, 6.07) is 5.08. The van der Waals surface area contributed by atoms with Gasteiger partial charge in [0, 0.05) is 23.6 Å². The molecule has 1 fully saturated rings. The molecule has 1 aliphatic carbocycles. The van der Waals surface area contributed by atoms with Gasteiger partial charge in [-0.2, -0.15) is 0 Å². The van der Waals surface area contributed by atoms with Gasteiger partial charge in [0.1, 0.15) is 5.69 Å². The van der Waals surface area contributed by atoms with Gasteiger partial charge < -0.3 is 10.2 Å². The van der Waals surface area contributed by atoms with E-state index in [1.807, 2.05) is 0 Å². The number of carbonyl (C=O) groups excluding carboxylic acids is 1. The molecule has 6 nitrogen and oxygen atoms in total. The summed E-state index contributed by atoms with van der Waals surface area (Å²) < 4.78 is 0.638. The quantitative estimate of drug-likeness (QED) is 0.663. The van der Waals surface area contributed by atoms with Crippen LogP contribution in [-0.2, 0) is 4.79 Å². The van der Waals surface area contributed by atoms with Gasteiger partial charge in [0.15, 0.2) is 0 Å². The summed E-state index contributed by atoms with van der Waals surface area (Å²) in [6.07, 6.45) is 2.04. The van der Waals surface area contributed by atoms with Crippen LogP contribution in [0.25, 0.3) is 0 Å². The number of carbonyl (C=O) groups is 1. The van der Waals surface area contributed by atoms with Gasteiger partial charge in [0.05, 0.1) is 11.5 Å². The summed E-state index contributed by atoms with van der Waals surface area (Å²) in [7, 11) is 1.67. The molecule has 0 aromatic heterocycles. The number of hydrogen-bond donors (Lipinski definition) is 1. The molecule has 1 amide bonds. The maximum atomic E-state index is 11.7. The molecule has 102 valence electrons. The third-order valence-corrected chi connectivity index (χ3v) is 3.36. The van der Waals surface area contributed by atoms with E-state index in [1.54, 1.807) is 24.1 Å². The number of nitrogens with one attached hydrogen (secondary N) is 1. The van der Waals surface area contributed by atoms with Crippen LogP contribution in [0.2, 0.25) is 0 Å². The molecule has 1 aromatic rings. The van der Waals surface area contributed by atoms with E-state index in [1.165, 1.54) is 6.07 Å². The van der Waals surface area contributed by atoms with E-state index in [9.17, 15) is 14.9 Å². The predicted octanol–water partition coefficient (Wildman–Crippen LogP) is 2.07. The van der Waals surface area contributed by atoms with E-state index in [0.717, 1.165) is 12.8 Å². The average molecular weight is 328 g/mol. The Morgan fingerprint density at radius 1 is 1.58 bits per heavy atom. The Hall–Kier alpha value is -1.63. The Morgan fingerprint density at radius 3 is 2.84 bits per heavy atom. The molecule has 1 saturated carbocycles. The molecule has 1 N–H and O–H groups in total. The molecule has 2 rings (SSSR count). The fourth-order valence-electron chi connectivity index (χ4n) is 1.77. The molecule has 0 radical (unpaired) electrons. The molecular formula is C12H14BrN3O3. The minimum atomic E-state index is -0.449. The van der Waals surface area contributed by atoms with Crippen LogP contribution in [0, 0.1) is 10.1 Å². The fraction of sp³-hybridized carbons (Fsp3) is 0.417. The van der Waals surface area contributed by atoms with E-state index in [2.05, 4.69) is 21.2 Å². The van der Waals surface area contributed by atoms with Crippen molar-refractivity contribution in [3.05, 3.63) is 32.8 Å². The first-order valence-electron chi connectivity index (χ1n) is 5.92. The second kappa shape index (κ2) is 5.56. The van der Waals surface area contributed by atoms with Gasteiger partial charge in [-0.15, -0.1) is 0 Å². The third kappa shape index (κ3) is 3.66. The van der Waals surface area contributed by atoms with Crippen molar-refractivity contribution in [3.8, 4) is 0 Å². The van der Waals surface area contributed by atoms with Crippen molar-refractivity contribution >= 4 is 33.2 Å². The molecule has 0 unspecified atom stereocenters. The Balaban J connectivity index is 2.10. The Kier molecular flexibility index (Phi) is 4.04. The minimum Gasteiger partial charge on any atom is -0.360 e. The number of likely N-dealkylation sites (N-methyl/N-ethyl adjacent to an activating group) is 1. The Bertz CT molecular complexity index is 517. The number of nitrogens with zero attached hydrogens (tertiary/aromatic N) is 2. The van der Waals surface area contributed by atoms with Crippen LogP contribution in [0.4, 0.5) is 11.4 Å². The SMILES string of the molecule is CN(CC(=O)NC1CC1)c1ccc(Br)cc1[N+](=O)[O-]. The third-order valence-electron chi connectivity index (χ3n) is 2.87. The van der Waals surface area contributed by atoms with Crippen molar-refractivity contribution in [3.63, 3.8) is 0 Å². The molecule has 0 aliphatic heterocycles. The minimum absolute atomic E-state index is 0.0175. The van der Waals surface area contributed by atoms with Crippen molar-refractivity contribution in [2.24, 2.45) is 0 Å². The summed E-state index contributed by atoms with van der Waals surface area (Å²) in [5.74, 6) is -0.109. The van der Waals surface area contributed by atoms with Gasteiger partial charge >= 0.3 is 0 Å². The van der Waals surface area contributed by atoms with Crippen molar-refractivity contribution in [1.29, 1.82) is 0 Å². The van der Waals surface area contributed by atoms with Crippen LogP contribution >= 0.6 is 15.9 Å². The molecular weight excluding hydrogens is 314 g/mol. The monoisotopic (exact) mass is 327 g/mol. The number of benzene rings is 1. The lowest BCUT2D eigenvalue weighted by atomic mass is 10.2. The van der Waals surface area contributed by atoms with E-state index in [-0.39, 0.29) is 18.1 Å². The van der Waals surface area contributed by atoms with Crippen LogP contribution in [0.5, 0.6) is 0 Å². The zero-order valence-electron chi connectivity index (χ0n) is 10.4. The lowest BCUT2D eigenvalue weighted by Gasteiger charge is -2.18. The largest absolute Gasteiger partial charge is 0.360 e. The smallest absolute Gasteiger partial charge is 0.293 e. The number of hydrogen-bond acceptors (Lipinski definition) is 4.